The van der Waals surface area contributed by atoms with Crippen LogP contribution in [0.1, 0.15) is 51.4 Å². The van der Waals surface area contributed by atoms with Crippen LogP contribution in [-0.2, 0) is 12.7 Å². The third-order valence-corrected chi connectivity index (χ3v) is 5.10. The molecule has 2 amide bonds. The molecule has 168 valence electrons. The van der Waals surface area contributed by atoms with Gasteiger partial charge in [-0.3, -0.25) is 14.3 Å². The molecule has 0 spiro atoms. The molecule has 12 heteroatoms. The summed E-state index contributed by atoms with van der Waals surface area (Å²) in [6.45, 7) is 0.745. The molecule has 1 unspecified atom stereocenters. The van der Waals surface area contributed by atoms with E-state index in [0.29, 0.717) is 0 Å². The van der Waals surface area contributed by atoms with Gasteiger partial charge < -0.3 is 11.1 Å². The minimum absolute atomic E-state index is 0.0776. The van der Waals surface area contributed by atoms with E-state index in [1.807, 2.05) is 0 Å². The molecule has 31 heavy (non-hydrogen) atoms. The first kappa shape index (κ1) is 22.6. The van der Waals surface area contributed by atoms with E-state index in [9.17, 15) is 35.9 Å². The van der Waals surface area contributed by atoms with E-state index in [-0.39, 0.29) is 18.7 Å². The first-order chi connectivity index (χ1) is 14.3. The van der Waals surface area contributed by atoms with Gasteiger partial charge in [0.1, 0.15) is 11.5 Å². The van der Waals surface area contributed by atoms with Crippen LogP contribution < -0.4 is 11.1 Å². The Labute approximate surface area is 172 Å². The largest absolute Gasteiger partial charge is 0.435 e. The zero-order valence-corrected chi connectivity index (χ0v) is 16.2. The highest BCUT2D eigenvalue weighted by molar-refractivity contribution is 6.05. The van der Waals surface area contributed by atoms with E-state index in [0.717, 1.165) is 29.8 Å². The maximum atomic E-state index is 13.6. The van der Waals surface area contributed by atoms with Crippen LogP contribution in [0.25, 0.3) is 0 Å². The lowest BCUT2D eigenvalue weighted by molar-refractivity contribution is -0.142. The van der Waals surface area contributed by atoms with Crippen LogP contribution in [0.4, 0.5) is 32.0 Å². The minimum Gasteiger partial charge on any atom is -0.366 e. The molecule has 1 fully saturated rings. The normalized spacial score (nSPS) is 18.2. The van der Waals surface area contributed by atoms with E-state index in [1.165, 1.54) is 0 Å². The van der Waals surface area contributed by atoms with Gasteiger partial charge >= 0.3 is 6.18 Å². The number of alkyl halides is 5. The maximum Gasteiger partial charge on any atom is 0.435 e. The molecule has 1 heterocycles. The van der Waals surface area contributed by atoms with Crippen LogP contribution >= 0.6 is 0 Å². The van der Waals surface area contributed by atoms with Gasteiger partial charge in [0.05, 0.1) is 5.56 Å². The predicted octanol–water partition coefficient (Wildman–Crippen LogP) is 4.14. The number of rotatable bonds is 5. The van der Waals surface area contributed by atoms with Crippen molar-refractivity contribution in [3.63, 3.8) is 0 Å². The maximum absolute atomic E-state index is 13.6. The Kier molecular flexibility index (Phi) is 5.76. The minimum atomic E-state index is -4.86. The first-order valence-electron chi connectivity index (χ1n) is 9.21. The Bertz CT molecular complexity index is 1030. The highest BCUT2D eigenvalue weighted by Crippen LogP contribution is 2.40. The van der Waals surface area contributed by atoms with Crippen LogP contribution in [0.15, 0.2) is 18.2 Å². The lowest BCUT2D eigenvalue weighted by Gasteiger charge is -2.14. The zero-order valence-electron chi connectivity index (χ0n) is 16.2. The topological polar surface area (TPSA) is 90.0 Å². The number of halogens is 6. The summed E-state index contributed by atoms with van der Waals surface area (Å²) in [7, 11) is 0. The van der Waals surface area contributed by atoms with Crippen molar-refractivity contribution in [2.75, 3.05) is 5.32 Å². The third-order valence-electron chi connectivity index (χ3n) is 5.10. The first-order valence-corrected chi connectivity index (χ1v) is 9.21. The summed E-state index contributed by atoms with van der Waals surface area (Å²) in [6.07, 6.45) is -5.70. The molecular weight excluding hydrogens is 430 g/mol. The van der Waals surface area contributed by atoms with Crippen LogP contribution in [-0.4, -0.2) is 27.5 Å². The number of carbonyl (C=O) groups excluding carboxylic acids is 2. The summed E-state index contributed by atoms with van der Waals surface area (Å²) in [5.74, 6) is -6.63. The van der Waals surface area contributed by atoms with Gasteiger partial charge in [-0.05, 0) is 37.5 Å². The highest BCUT2D eigenvalue weighted by atomic mass is 19.4. The fraction of sp³-hybridized carbons (Fsp3) is 0.421. The summed E-state index contributed by atoms with van der Waals surface area (Å²) < 4.78 is 81.4. The smallest absolute Gasteiger partial charge is 0.366 e. The number of nitrogens with two attached hydrogens (primary N) is 1. The van der Waals surface area contributed by atoms with Crippen molar-refractivity contribution in [2.24, 2.45) is 11.7 Å². The van der Waals surface area contributed by atoms with Gasteiger partial charge in [0.25, 0.3) is 11.8 Å². The fourth-order valence-corrected chi connectivity index (χ4v) is 3.66. The number of primary amides is 1. The van der Waals surface area contributed by atoms with Crippen molar-refractivity contribution in [2.45, 2.75) is 44.8 Å². The third kappa shape index (κ3) is 4.83. The van der Waals surface area contributed by atoms with Gasteiger partial charge in [-0.2, -0.15) is 18.3 Å². The summed E-state index contributed by atoms with van der Waals surface area (Å²) in [5.41, 5.74) is 2.18. The summed E-state index contributed by atoms with van der Waals surface area (Å²) >= 11 is 0. The van der Waals surface area contributed by atoms with Crippen molar-refractivity contribution < 1.29 is 35.9 Å². The second-order valence-electron chi connectivity index (χ2n) is 7.48. The Balaban J connectivity index is 1.95. The molecule has 2 aromatic rings. The molecule has 1 aliphatic carbocycles. The van der Waals surface area contributed by atoms with Crippen LogP contribution in [0.2, 0.25) is 0 Å². The zero-order chi connectivity index (χ0) is 23.1. The number of amides is 2. The van der Waals surface area contributed by atoms with Gasteiger partial charge in [-0.1, -0.05) is 0 Å². The molecule has 0 radical (unpaired) electrons. The molecule has 1 aromatic heterocycles. The molecule has 0 saturated heterocycles. The number of carbonyl (C=O) groups is 2. The van der Waals surface area contributed by atoms with Gasteiger partial charge in [-0.25, -0.2) is 13.2 Å². The Morgan fingerprint density at radius 1 is 1.32 bits per heavy atom. The Morgan fingerprint density at radius 2 is 2.00 bits per heavy atom. The molecule has 1 aromatic carbocycles. The molecular formula is C19H18F6N4O2. The van der Waals surface area contributed by atoms with E-state index in [2.05, 4.69) is 10.4 Å². The lowest BCUT2D eigenvalue weighted by Crippen LogP contribution is -2.22. The molecule has 0 aliphatic heterocycles. The second kappa shape index (κ2) is 7.89. The fourth-order valence-electron chi connectivity index (χ4n) is 3.66. The van der Waals surface area contributed by atoms with Gasteiger partial charge in [0, 0.05) is 30.6 Å². The Hall–Kier alpha value is -3.05. The Morgan fingerprint density at radius 3 is 2.55 bits per heavy atom. The molecule has 3 N–H and O–H groups in total. The van der Waals surface area contributed by atoms with Crippen molar-refractivity contribution >= 4 is 17.5 Å². The number of anilines is 1. The number of hydrogen-bond acceptors (Lipinski definition) is 3. The SMILES string of the molecule is Cc1c(C(F)(F)F)nn(CC2CCC(F)(F)C2)c1C(=O)Nc1ccc(F)c(C(N)=O)c1. The molecule has 1 aliphatic rings. The number of nitrogens with zero attached hydrogens (tertiary/aromatic N) is 2. The summed E-state index contributed by atoms with van der Waals surface area (Å²) in [5, 5.41) is 5.74. The monoisotopic (exact) mass is 448 g/mol. The molecule has 0 bridgehead atoms. The van der Waals surface area contributed by atoms with Gasteiger partial charge in [0.15, 0.2) is 5.69 Å². The van der Waals surface area contributed by atoms with Crippen LogP contribution in [0.5, 0.6) is 0 Å². The average molecular weight is 448 g/mol. The van der Waals surface area contributed by atoms with Crippen molar-refractivity contribution in [1.82, 2.24) is 9.78 Å². The molecule has 1 saturated carbocycles. The number of hydrogen-bond donors (Lipinski definition) is 2. The standard InChI is InChI=1S/C19H18F6N4O2/c1-9-14(17(31)27-11-2-3-13(20)12(6-11)16(26)30)29(28-15(9)19(23,24)25)8-10-4-5-18(21,22)7-10/h2-3,6,10H,4-5,7-8H2,1H3,(H2,26,30)(H,27,31). The van der Waals surface area contributed by atoms with E-state index in [4.69, 9.17) is 5.73 Å². The average Bonchev–Trinajstić information content (AvgIpc) is 3.15. The van der Waals surface area contributed by atoms with Crippen molar-refractivity contribution in [3.05, 3.63) is 46.5 Å². The highest BCUT2D eigenvalue weighted by Gasteiger charge is 2.42. The molecule has 1 atom stereocenters. The quantitative estimate of drug-likeness (QED) is 0.674. The van der Waals surface area contributed by atoms with E-state index < -0.39 is 71.0 Å². The van der Waals surface area contributed by atoms with Crippen LogP contribution in [0.3, 0.4) is 0 Å². The summed E-state index contributed by atoms with van der Waals surface area (Å²) in [6, 6.07) is 2.90. The predicted molar refractivity (Wildman–Crippen MR) is 97.1 cm³/mol. The molecule has 3 rings (SSSR count). The van der Waals surface area contributed by atoms with E-state index in [1.54, 1.807) is 0 Å². The summed E-state index contributed by atoms with van der Waals surface area (Å²) in [4.78, 5) is 24.0. The van der Waals surface area contributed by atoms with Crippen molar-refractivity contribution in [3.8, 4) is 0 Å². The number of nitrogens with one attached hydrogen (secondary N) is 1. The van der Waals surface area contributed by atoms with Gasteiger partial charge in [0.2, 0.25) is 5.92 Å². The van der Waals surface area contributed by atoms with Crippen LogP contribution in [0, 0.1) is 18.7 Å². The van der Waals surface area contributed by atoms with Gasteiger partial charge in [-0.15, -0.1) is 0 Å². The molecule has 6 nitrogen and oxygen atoms in total. The lowest BCUT2D eigenvalue weighted by atomic mass is 10.1. The number of benzene rings is 1. The number of aromatic nitrogens is 2. The van der Waals surface area contributed by atoms with E-state index >= 15 is 0 Å². The second-order valence-corrected chi connectivity index (χ2v) is 7.48. The van der Waals surface area contributed by atoms with Crippen molar-refractivity contribution in [1.29, 1.82) is 0 Å².